The van der Waals surface area contributed by atoms with Crippen LogP contribution in [0.5, 0.6) is 5.75 Å². The molecule has 1 fully saturated rings. The first kappa shape index (κ1) is 28.6. The molecule has 1 saturated heterocycles. The molecule has 1 aliphatic rings. The van der Waals surface area contributed by atoms with Gasteiger partial charge in [0.2, 0.25) is 16.0 Å². The first-order chi connectivity index (χ1) is 18.6. The Balaban J connectivity index is 1.44. The van der Waals surface area contributed by atoms with Crippen molar-refractivity contribution >= 4 is 27.5 Å². The molecule has 1 aromatic heterocycles. The fourth-order valence-corrected chi connectivity index (χ4v) is 5.42. The summed E-state index contributed by atoms with van der Waals surface area (Å²) in [6.07, 6.45) is -1.69. The summed E-state index contributed by atoms with van der Waals surface area (Å²) in [6.45, 7) is 2.91. The number of benzene rings is 2. The molecule has 39 heavy (non-hydrogen) atoms. The van der Waals surface area contributed by atoms with Gasteiger partial charge >= 0.3 is 6.18 Å². The van der Waals surface area contributed by atoms with Crippen LogP contribution in [0.25, 0.3) is 0 Å². The van der Waals surface area contributed by atoms with E-state index in [1.54, 1.807) is 12.1 Å². The topological polar surface area (TPSA) is 87.7 Å². The molecule has 0 radical (unpaired) electrons. The van der Waals surface area contributed by atoms with Gasteiger partial charge in [-0.25, -0.2) is 17.8 Å². The molecule has 1 N–H and O–H groups in total. The van der Waals surface area contributed by atoms with E-state index >= 15 is 0 Å². The van der Waals surface area contributed by atoms with Crippen molar-refractivity contribution < 1.29 is 30.7 Å². The maximum atomic E-state index is 13.6. The molecular formula is C26H29F4N5O3S. The molecule has 0 saturated carbocycles. The van der Waals surface area contributed by atoms with Crippen molar-refractivity contribution in [2.75, 3.05) is 43.0 Å². The number of sulfonamides is 1. The molecule has 4 rings (SSSR count). The van der Waals surface area contributed by atoms with Crippen LogP contribution in [-0.4, -0.2) is 55.5 Å². The van der Waals surface area contributed by atoms with Gasteiger partial charge in [-0.3, -0.25) is 0 Å². The molecule has 0 bridgehead atoms. The highest BCUT2D eigenvalue weighted by molar-refractivity contribution is 7.89. The van der Waals surface area contributed by atoms with Crippen LogP contribution in [-0.2, 0) is 16.2 Å². The van der Waals surface area contributed by atoms with E-state index in [0.717, 1.165) is 25.3 Å². The second kappa shape index (κ2) is 12.2. The zero-order valence-electron chi connectivity index (χ0n) is 21.3. The highest BCUT2D eigenvalue weighted by atomic mass is 32.2. The van der Waals surface area contributed by atoms with Gasteiger partial charge in [0.05, 0.1) is 11.5 Å². The van der Waals surface area contributed by atoms with Crippen LogP contribution in [0, 0.1) is 5.82 Å². The molecule has 0 aliphatic carbocycles. The quantitative estimate of drug-likeness (QED) is 0.257. The first-order valence-corrected chi connectivity index (χ1v) is 14.0. The van der Waals surface area contributed by atoms with E-state index in [9.17, 15) is 26.0 Å². The first-order valence-electron chi connectivity index (χ1n) is 12.5. The lowest BCUT2D eigenvalue weighted by Gasteiger charge is -2.34. The van der Waals surface area contributed by atoms with Crippen molar-refractivity contribution in [2.45, 2.75) is 37.3 Å². The van der Waals surface area contributed by atoms with Gasteiger partial charge in [0.1, 0.15) is 17.4 Å². The van der Waals surface area contributed by atoms with E-state index in [0.29, 0.717) is 18.0 Å². The number of ether oxygens (including phenoxy) is 1. The van der Waals surface area contributed by atoms with Gasteiger partial charge in [-0.2, -0.15) is 22.5 Å². The van der Waals surface area contributed by atoms with Crippen molar-refractivity contribution in [1.82, 2.24) is 14.3 Å². The lowest BCUT2D eigenvalue weighted by Crippen LogP contribution is -2.49. The zero-order chi connectivity index (χ0) is 28.0. The maximum absolute atomic E-state index is 13.6. The Hall–Kier alpha value is -3.45. The van der Waals surface area contributed by atoms with Crippen LogP contribution in [0.1, 0.15) is 31.9 Å². The standard InChI is InChI=1S/C26H29F4N5O3S/c1-2-3-4-17-38-21-9-11-22(12-10-21)39(36,37)35-15-13-34(14-16-35)25-32-23(26(28,29)30)18-24(33-25)31-20-7-5-19(27)6-8-20/h5-12,18H,2-4,13-17H2,1H3,(H,31,32,33). The normalized spacial score (nSPS) is 14.8. The summed E-state index contributed by atoms with van der Waals surface area (Å²) in [5.41, 5.74) is -0.799. The molecule has 210 valence electrons. The highest BCUT2D eigenvalue weighted by Gasteiger charge is 2.35. The van der Waals surface area contributed by atoms with Crippen LogP contribution in [0.15, 0.2) is 59.5 Å². The SMILES string of the molecule is CCCCCOc1ccc(S(=O)(=O)N2CCN(c3nc(Nc4ccc(F)cc4)cc(C(F)(F)F)n3)CC2)cc1. The van der Waals surface area contributed by atoms with Gasteiger partial charge in [0, 0.05) is 37.9 Å². The second-order valence-electron chi connectivity index (χ2n) is 8.99. The van der Waals surface area contributed by atoms with Gasteiger partial charge < -0.3 is 15.0 Å². The van der Waals surface area contributed by atoms with Crippen molar-refractivity contribution in [1.29, 1.82) is 0 Å². The van der Waals surface area contributed by atoms with Gasteiger partial charge in [0.25, 0.3) is 0 Å². The van der Waals surface area contributed by atoms with Crippen LogP contribution in [0.2, 0.25) is 0 Å². The number of unbranched alkanes of at least 4 members (excludes halogenated alkanes) is 2. The van der Waals surface area contributed by atoms with E-state index in [1.807, 2.05) is 0 Å². The molecule has 2 aromatic carbocycles. The second-order valence-corrected chi connectivity index (χ2v) is 10.9. The summed E-state index contributed by atoms with van der Waals surface area (Å²) in [7, 11) is -3.81. The molecule has 0 atom stereocenters. The molecule has 3 aromatic rings. The van der Waals surface area contributed by atoms with Crippen LogP contribution in [0.4, 0.5) is 35.0 Å². The third-order valence-corrected chi connectivity index (χ3v) is 8.03. The summed E-state index contributed by atoms with van der Waals surface area (Å²) in [5, 5.41) is 2.74. The lowest BCUT2D eigenvalue weighted by atomic mass is 10.3. The predicted molar refractivity (Wildman–Crippen MR) is 139 cm³/mol. The van der Waals surface area contributed by atoms with Crippen molar-refractivity contribution in [3.05, 3.63) is 66.1 Å². The number of piperazine rings is 1. The van der Waals surface area contributed by atoms with E-state index in [1.165, 1.54) is 45.6 Å². The molecule has 0 unspecified atom stereocenters. The molecule has 8 nitrogen and oxygen atoms in total. The number of rotatable bonds is 10. The summed E-state index contributed by atoms with van der Waals surface area (Å²) in [5.74, 6) is -0.205. The fraction of sp³-hybridized carbons (Fsp3) is 0.385. The molecule has 0 spiro atoms. The fourth-order valence-electron chi connectivity index (χ4n) is 3.99. The third-order valence-electron chi connectivity index (χ3n) is 6.12. The maximum Gasteiger partial charge on any atom is 0.433 e. The molecular weight excluding hydrogens is 538 g/mol. The number of halogens is 4. The largest absolute Gasteiger partial charge is 0.494 e. The molecule has 13 heteroatoms. The lowest BCUT2D eigenvalue weighted by molar-refractivity contribution is -0.141. The summed E-state index contributed by atoms with van der Waals surface area (Å²) < 4.78 is 87.1. The summed E-state index contributed by atoms with van der Waals surface area (Å²) in [4.78, 5) is 9.50. The smallest absolute Gasteiger partial charge is 0.433 e. The summed E-state index contributed by atoms with van der Waals surface area (Å²) >= 11 is 0. The van der Waals surface area contributed by atoms with E-state index < -0.39 is 27.7 Å². The minimum absolute atomic E-state index is 0.0396. The molecule has 2 heterocycles. The Morgan fingerprint density at radius 2 is 1.62 bits per heavy atom. The minimum atomic E-state index is -4.73. The number of hydrogen-bond donors (Lipinski definition) is 1. The van der Waals surface area contributed by atoms with E-state index in [4.69, 9.17) is 4.74 Å². The van der Waals surface area contributed by atoms with E-state index in [2.05, 4.69) is 22.2 Å². The Morgan fingerprint density at radius 3 is 2.23 bits per heavy atom. The number of nitrogens with zero attached hydrogens (tertiary/aromatic N) is 4. The predicted octanol–water partition coefficient (Wildman–Crippen LogP) is 5.46. The zero-order valence-corrected chi connectivity index (χ0v) is 22.1. The number of nitrogens with one attached hydrogen (secondary N) is 1. The number of hydrogen-bond acceptors (Lipinski definition) is 7. The van der Waals surface area contributed by atoms with Gasteiger partial charge in [-0.05, 0) is 55.0 Å². The van der Waals surface area contributed by atoms with Gasteiger partial charge in [0.15, 0.2) is 5.69 Å². The Bertz CT molecular complexity index is 1350. The van der Waals surface area contributed by atoms with Crippen molar-refractivity contribution in [3.63, 3.8) is 0 Å². The molecule has 1 aliphatic heterocycles. The Kier molecular flexibility index (Phi) is 8.90. The monoisotopic (exact) mass is 567 g/mol. The Labute approximate surface area is 224 Å². The molecule has 0 amide bonds. The van der Waals surface area contributed by atoms with Gasteiger partial charge in [-0.15, -0.1) is 0 Å². The number of alkyl halides is 3. The number of aromatic nitrogens is 2. The van der Waals surface area contributed by atoms with E-state index in [-0.39, 0.29) is 42.8 Å². The Morgan fingerprint density at radius 1 is 0.949 bits per heavy atom. The van der Waals surface area contributed by atoms with Gasteiger partial charge in [-0.1, -0.05) is 19.8 Å². The highest BCUT2D eigenvalue weighted by Crippen LogP contribution is 2.32. The minimum Gasteiger partial charge on any atom is -0.494 e. The van der Waals surface area contributed by atoms with Crippen molar-refractivity contribution in [2.24, 2.45) is 0 Å². The van der Waals surface area contributed by atoms with Crippen LogP contribution >= 0.6 is 0 Å². The third kappa shape index (κ3) is 7.35. The van der Waals surface area contributed by atoms with Crippen LogP contribution < -0.4 is 15.0 Å². The summed E-state index contributed by atoms with van der Waals surface area (Å²) in [6, 6.07) is 12.1. The van der Waals surface area contributed by atoms with Crippen LogP contribution in [0.3, 0.4) is 0 Å². The average Bonchev–Trinajstić information content (AvgIpc) is 2.92. The van der Waals surface area contributed by atoms with Crippen molar-refractivity contribution in [3.8, 4) is 5.75 Å². The average molecular weight is 568 g/mol. The number of anilines is 3.